The van der Waals surface area contributed by atoms with Crippen molar-refractivity contribution in [3.63, 3.8) is 0 Å². The first-order valence-corrected chi connectivity index (χ1v) is 13.5. The fourth-order valence-electron chi connectivity index (χ4n) is 9.54. The molecule has 1 unspecified atom stereocenters. The van der Waals surface area contributed by atoms with Crippen molar-refractivity contribution in [1.82, 2.24) is 0 Å². The maximum absolute atomic E-state index is 12.7. The predicted molar refractivity (Wildman–Crippen MR) is 122 cm³/mol. The summed E-state index contributed by atoms with van der Waals surface area (Å²) < 4.78 is 6.35. The molecule has 0 spiro atoms. The number of methoxy groups -OCH3 is 1. The van der Waals surface area contributed by atoms with Crippen LogP contribution in [0.4, 0.5) is 0 Å². The van der Waals surface area contributed by atoms with E-state index in [0.29, 0.717) is 17.1 Å². The van der Waals surface area contributed by atoms with Gasteiger partial charge >= 0.3 is 0 Å². The molecule has 2 heteroatoms. The van der Waals surface area contributed by atoms with Crippen LogP contribution in [-0.4, -0.2) is 18.5 Å². The van der Waals surface area contributed by atoms with Crippen LogP contribution < -0.4 is 0 Å². The van der Waals surface area contributed by atoms with Crippen LogP contribution in [0, 0.1) is 40.4 Å². The van der Waals surface area contributed by atoms with Crippen LogP contribution in [0.5, 0.6) is 0 Å². The van der Waals surface area contributed by atoms with Gasteiger partial charge in [0.15, 0.2) is 0 Å². The number of rotatable bonds is 4. The molecule has 0 bridgehead atoms. The van der Waals surface area contributed by atoms with E-state index in [9.17, 15) is 4.79 Å². The van der Waals surface area contributed by atoms with Gasteiger partial charge in [0.2, 0.25) is 0 Å². The van der Waals surface area contributed by atoms with Crippen molar-refractivity contribution in [2.75, 3.05) is 7.11 Å². The van der Waals surface area contributed by atoms with Gasteiger partial charge in [0.25, 0.3) is 0 Å². The Bertz CT molecular complexity index is 651. The Morgan fingerprint density at radius 1 is 0.900 bits per heavy atom. The standard InChI is InChI=1S/C28H46O2/c1-26-17-18-28(30-3,16-13-20-7-5-4-6-8-20)19-21(26)9-10-22-23-11-12-25(29)27(23,2)15-14-24(22)26/h20-24H,4-19H2,1-3H3/t21?,22-,23-,24-,26-,27-,28+/m0/s1. The summed E-state index contributed by atoms with van der Waals surface area (Å²) in [6, 6.07) is 0. The summed E-state index contributed by atoms with van der Waals surface area (Å²) in [6.07, 6.45) is 21.2. The summed E-state index contributed by atoms with van der Waals surface area (Å²) in [5.41, 5.74) is 0.666. The Kier molecular flexibility index (Phi) is 5.65. The monoisotopic (exact) mass is 414 g/mol. The van der Waals surface area contributed by atoms with E-state index in [0.717, 1.165) is 36.5 Å². The zero-order chi connectivity index (χ0) is 21.0. The van der Waals surface area contributed by atoms with Crippen molar-refractivity contribution in [1.29, 1.82) is 0 Å². The van der Waals surface area contributed by atoms with Crippen molar-refractivity contribution in [3.8, 4) is 0 Å². The van der Waals surface area contributed by atoms with Crippen molar-refractivity contribution < 1.29 is 9.53 Å². The summed E-state index contributed by atoms with van der Waals surface area (Å²) in [5.74, 6) is 4.73. The van der Waals surface area contributed by atoms with Crippen LogP contribution in [0.25, 0.3) is 0 Å². The Balaban J connectivity index is 1.29. The van der Waals surface area contributed by atoms with Gasteiger partial charge in [-0.05, 0) is 99.2 Å². The molecule has 5 saturated carbocycles. The van der Waals surface area contributed by atoms with E-state index < -0.39 is 0 Å². The van der Waals surface area contributed by atoms with Gasteiger partial charge in [-0.25, -0.2) is 0 Å². The second-order valence-electron chi connectivity index (χ2n) is 12.7. The van der Waals surface area contributed by atoms with Crippen LogP contribution in [0.1, 0.15) is 117 Å². The van der Waals surface area contributed by atoms with Crippen LogP contribution in [-0.2, 0) is 9.53 Å². The van der Waals surface area contributed by atoms with E-state index in [2.05, 4.69) is 13.8 Å². The fourth-order valence-corrected chi connectivity index (χ4v) is 9.54. The predicted octanol–water partition coefficient (Wildman–Crippen LogP) is 7.34. The molecule has 5 rings (SSSR count). The van der Waals surface area contributed by atoms with Crippen molar-refractivity contribution in [2.45, 2.75) is 122 Å². The molecule has 5 aliphatic carbocycles. The first kappa shape index (κ1) is 21.5. The second kappa shape index (κ2) is 7.89. The summed E-state index contributed by atoms with van der Waals surface area (Å²) in [4.78, 5) is 12.7. The number of carbonyl (C=O) groups is 1. The smallest absolute Gasteiger partial charge is 0.139 e. The average molecular weight is 415 g/mol. The topological polar surface area (TPSA) is 26.3 Å². The molecule has 0 saturated heterocycles. The minimum absolute atomic E-state index is 0.0231. The van der Waals surface area contributed by atoms with E-state index >= 15 is 0 Å². The molecule has 0 aromatic heterocycles. The van der Waals surface area contributed by atoms with Crippen molar-refractivity contribution in [3.05, 3.63) is 0 Å². The number of carbonyl (C=O) groups excluding carboxylic acids is 1. The maximum Gasteiger partial charge on any atom is 0.139 e. The summed E-state index contributed by atoms with van der Waals surface area (Å²) in [7, 11) is 2.01. The quantitative estimate of drug-likeness (QED) is 0.481. The Labute approximate surface area is 185 Å². The van der Waals surface area contributed by atoms with Gasteiger partial charge in [-0.15, -0.1) is 0 Å². The Morgan fingerprint density at radius 3 is 2.47 bits per heavy atom. The molecule has 7 atom stereocenters. The zero-order valence-corrected chi connectivity index (χ0v) is 20.0. The molecule has 0 radical (unpaired) electrons. The Hall–Kier alpha value is -0.370. The molecule has 0 heterocycles. The van der Waals surface area contributed by atoms with E-state index in [1.165, 1.54) is 89.9 Å². The lowest BCUT2D eigenvalue weighted by atomic mass is 9.44. The van der Waals surface area contributed by atoms with Crippen LogP contribution in [0.3, 0.4) is 0 Å². The van der Waals surface area contributed by atoms with E-state index in [4.69, 9.17) is 4.74 Å². The molecule has 5 aliphatic rings. The van der Waals surface area contributed by atoms with Crippen LogP contribution >= 0.6 is 0 Å². The minimum atomic E-state index is 0.0231. The molecule has 0 aromatic carbocycles. The van der Waals surface area contributed by atoms with Gasteiger partial charge in [0, 0.05) is 18.9 Å². The lowest BCUT2D eigenvalue weighted by Gasteiger charge is -2.62. The highest BCUT2D eigenvalue weighted by Crippen LogP contribution is 2.66. The molecule has 30 heavy (non-hydrogen) atoms. The highest BCUT2D eigenvalue weighted by Gasteiger charge is 2.61. The van der Waals surface area contributed by atoms with E-state index in [1.807, 2.05) is 7.11 Å². The molecule has 0 amide bonds. The highest BCUT2D eigenvalue weighted by molar-refractivity contribution is 5.87. The van der Waals surface area contributed by atoms with Gasteiger partial charge in [0.1, 0.15) is 5.78 Å². The summed E-state index contributed by atoms with van der Waals surface area (Å²) in [6.45, 7) is 4.97. The summed E-state index contributed by atoms with van der Waals surface area (Å²) >= 11 is 0. The van der Waals surface area contributed by atoms with Gasteiger partial charge in [-0.3, -0.25) is 4.79 Å². The van der Waals surface area contributed by atoms with Gasteiger partial charge in [0.05, 0.1) is 5.60 Å². The molecule has 0 aliphatic heterocycles. The molecule has 5 fully saturated rings. The molecule has 0 aromatic rings. The first-order valence-electron chi connectivity index (χ1n) is 13.5. The van der Waals surface area contributed by atoms with Gasteiger partial charge in [-0.1, -0.05) is 46.0 Å². The number of hydrogen-bond donors (Lipinski definition) is 0. The van der Waals surface area contributed by atoms with E-state index in [-0.39, 0.29) is 11.0 Å². The van der Waals surface area contributed by atoms with Crippen molar-refractivity contribution >= 4 is 5.78 Å². The highest BCUT2D eigenvalue weighted by atomic mass is 16.5. The minimum Gasteiger partial charge on any atom is -0.378 e. The molecule has 170 valence electrons. The third-order valence-corrected chi connectivity index (χ3v) is 11.7. The third-order valence-electron chi connectivity index (χ3n) is 11.7. The molecule has 2 nitrogen and oxygen atoms in total. The maximum atomic E-state index is 12.7. The number of hydrogen-bond acceptors (Lipinski definition) is 2. The second-order valence-corrected chi connectivity index (χ2v) is 12.7. The van der Waals surface area contributed by atoms with Crippen LogP contribution in [0.15, 0.2) is 0 Å². The SMILES string of the molecule is CO[C@]1(CCC2CCCCC2)CC[C@@]2(C)C(CC[C@@H]3[C@@H]2CC[C@]2(C)C(=O)CC[C@@H]32)C1. The number of fused-ring (bicyclic) bond motifs is 5. The zero-order valence-electron chi connectivity index (χ0n) is 20.0. The van der Waals surface area contributed by atoms with Crippen molar-refractivity contribution in [2.24, 2.45) is 40.4 Å². The van der Waals surface area contributed by atoms with Gasteiger partial charge < -0.3 is 4.74 Å². The largest absolute Gasteiger partial charge is 0.378 e. The number of ketones is 1. The molecular weight excluding hydrogens is 368 g/mol. The lowest BCUT2D eigenvalue weighted by molar-refractivity contribution is -0.162. The first-order chi connectivity index (χ1) is 14.4. The summed E-state index contributed by atoms with van der Waals surface area (Å²) in [5, 5.41) is 0. The Morgan fingerprint density at radius 2 is 1.70 bits per heavy atom. The number of ether oxygens (including phenoxy) is 1. The fraction of sp³-hybridized carbons (Fsp3) is 0.964. The third kappa shape index (κ3) is 3.34. The molecule has 0 N–H and O–H groups in total. The van der Waals surface area contributed by atoms with Crippen LogP contribution in [0.2, 0.25) is 0 Å². The van der Waals surface area contributed by atoms with Gasteiger partial charge in [-0.2, -0.15) is 0 Å². The lowest BCUT2D eigenvalue weighted by Crippen LogP contribution is -2.56. The number of Topliss-reactive ketones (excluding diaryl/α,β-unsaturated/α-hetero) is 1. The van der Waals surface area contributed by atoms with E-state index in [1.54, 1.807) is 0 Å². The average Bonchev–Trinajstić information content (AvgIpc) is 3.08. The molecular formula is C28H46O2. The normalized spacial score (nSPS) is 49.4.